The normalized spacial score (nSPS) is 17.5. The van der Waals surface area contributed by atoms with Crippen molar-refractivity contribution in [2.24, 2.45) is 5.73 Å². The zero-order chi connectivity index (χ0) is 19.6. The number of carbonyl (C=O) groups excluding carboxylic acids is 1. The molecule has 0 aromatic heterocycles. The van der Waals surface area contributed by atoms with Gasteiger partial charge in [-0.1, -0.05) is 18.2 Å². The largest absolute Gasteiger partial charge is 0.394 e. The standard InChI is InChI=1S/C20H32N4O3/c1-23(14-19(26)15-25)10-2-3-20(27)22-18-6-4-16(5-7-18)13-24-11-8-17(21)9-12-24/h2-7,17,19,25-26H,8-15,21H2,1H3,(H,22,27). The number of aliphatic hydroxyl groups is 2. The molecule has 0 aliphatic carbocycles. The molecule has 0 spiro atoms. The van der Waals surface area contributed by atoms with Gasteiger partial charge in [0, 0.05) is 37.4 Å². The van der Waals surface area contributed by atoms with Crippen LogP contribution in [0.15, 0.2) is 36.4 Å². The van der Waals surface area contributed by atoms with E-state index >= 15 is 0 Å². The fourth-order valence-corrected chi connectivity index (χ4v) is 3.08. The lowest BCUT2D eigenvalue weighted by molar-refractivity contribution is -0.111. The fourth-order valence-electron chi connectivity index (χ4n) is 3.08. The summed E-state index contributed by atoms with van der Waals surface area (Å²) < 4.78 is 0. The van der Waals surface area contributed by atoms with E-state index in [0.717, 1.165) is 38.2 Å². The highest BCUT2D eigenvalue weighted by Crippen LogP contribution is 2.15. The third-order valence-corrected chi connectivity index (χ3v) is 4.68. The second-order valence-electron chi connectivity index (χ2n) is 7.26. The topological polar surface area (TPSA) is 102 Å². The van der Waals surface area contributed by atoms with Crippen LogP contribution in [0.4, 0.5) is 5.69 Å². The Kier molecular flexibility index (Phi) is 8.90. The molecule has 1 atom stereocenters. The highest BCUT2D eigenvalue weighted by Gasteiger charge is 2.15. The predicted octanol–water partition coefficient (Wildman–Crippen LogP) is 0.389. The summed E-state index contributed by atoms with van der Waals surface area (Å²) in [5.74, 6) is -0.191. The van der Waals surface area contributed by atoms with Gasteiger partial charge in [-0.15, -0.1) is 0 Å². The molecule has 0 bridgehead atoms. The third-order valence-electron chi connectivity index (χ3n) is 4.68. The van der Waals surface area contributed by atoms with Crippen molar-refractivity contribution in [3.63, 3.8) is 0 Å². The fraction of sp³-hybridized carbons (Fsp3) is 0.550. The summed E-state index contributed by atoms with van der Waals surface area (Å²) in [6.07, 6.45) is 4.54. The van der Waals surface area contributed by atoms with Crippen molar-refractivity contribution in [1.29, 1.82) is 0 Å². The second kappa shape index (κ2) is 11.2. The van der Waals surface area contributed by atoms with E-state index in [1.165, 1.54) is 11.6 Å². The highest BCUT2D eigenvalue weighted by molar-refractivity contribution is 5.99. The molecule has 2 rings (SSSR count). The Labute approximate surface area is 161 Å². The molecule has 5 N–H and O–H groups in total. The van der Waals surface area contributed by atoms with Crippen molar-refractivity contribution in [2.75, 3.05) is 45.2 Å². The number of hydrogen-bond donors (Lipinski definition) is 4. The minimum absolute atomic E-state index is 0.191. The van der Waals surface area contributed by atoms with E-state index in [4.69, 9.17) is 10.8 Å². The molecule has 1 aromatic carbocycles. The maximum Gasteiger partial charge on any atom is 0.248 e. The molecule has 1 aliphatic rings. The molecule has 150 valence electrons. The predicted molar refractivity (Wildman–Crippen MR) is 107 cm³/mol. The van der Waals surface area contributed by atoms with Crippen LogP contribution in [0.5, 0.6) is 0 Å². The molecular formula is C20H32N4O3. The van der Waals surface area contributed by atoms with Gasteiger partial charge >= 0.3 is 0 Å². The van der Waals surface area contributed by atoms with Crippen molar-refractivity contribution in [2.45, 2.75) is 31.5 Å². The Morgan fingerprint density at radius 1 is 1.37 bits per heavy atom. The molecule has 7 nitrogen and oxygen atoms in total. The van der Waals surface area contributed by atoms with Crippen LogP contribution in [0.25, 0.3) is 0 Å². The Morgan fingerprint density at radius 2 is 2.04 bits per heavy atom. The number of nitrogens with two attached hydrogens (primary N) is 1. The molecule has 0 radical (unpaired) electrons. The van der Waals surface area contributed by atoms with Crippen molar-refractivity contribution >= 4 is 11.6 Å². The van der Waals surface area contributed by atoms with Gasteiger partial charge in [-0.2, -0.15) is 0 Å². The Hall–Kier alpha value is -1.77. The average Bonchev–Trinajstić information content (AvgIpc) is 2.65. The molecule has 1 aromatic rings. The van der Waals surface area contributed by atoms with E-state index in [1.807, 2.05) is 36.2 Å². The number of carbonyl (C=O) groups is 1. The van der Waals surface area contributed by atoms with Gasteiger partial charge in [0.1, 0.15) is 0 Å². The zero-order valence-electron chi connectivity index (χ0n) is 16.1. The molecule has 1 aliphatic heterocycles. The van der Waals surface area contributed by atoms with Gasteiger partial charge in [0.05, 0.1) is 12.7 Å². The number of anilines is 1. The number of nitrogens with zero attached hydrogens (tertiary/aromatic N) is 2. The minimum Gasteiger partial charge on any atom is -0.394 e. The van der Waals surface area contributed by atoms with Crippen molar-refractivity contribution in [3.05, 3.63) is 42.0 Å². The third kappa shape index (κ3) is 8.19. The maximum atomic E-state index is 12.0. The van der Waals surface area contributed by atoms with Gasteiger partial charge in [0.2, 0.25) is 5.91 Å². The number of benzene rings is 1. The van der Waals surface area contributed by atoms with Gasteiger partial charge in [-0.25, -0.2) is 0 Å². The number of likely N-dealkylation sites (N-methyl/N-ethyl adjacent to an activating group) is 1. The van der Waals surface area contributed by atoms with Crippen molar-refractivity contribution in [3.8, 4) is 0 Å². The summed E-state index contributed by atoms with van der Waals surface area (Å²) >= 11 is 0. The first-order valence-electron chi connectivity index (χ1n) is 9.48. The number of hydrogen-bond acceptors (Lipinski definition) is 6. The Morgan fingerprint density at radius 3 is 2.67 bits per heavy atom. The van der Waals surface area contributed by atoms with Gasteiger partial charge in [0.25, 0.3) is 0 Å². The summed E-state index contributed by atoms with van der Waals surface area (Å²) in [5, 5.41) is 21.0. The molecule has 1 amide bonds. The quantitative estimate of drug-likeness (QED) is 0.465. The van der Waals surface area contributed by atoms with Crippen LogP contribution in [0.3, 0.4) is 0 Å². The zero-order valence-corrected chi connectivity index (χ0v) is 16.1. The summed E-state index contributed by atoms with van der Waals surface area (Å²) in [5.41, 5.74) is 7.93. The second-order valence-corrected chi connectivity index (χ2v) is 7.26. The number of likely N-dealkylation sites (tertiary alicyclic amines) is 1. The SMILES string of the molecule is CN(CC=CC(=O)Nc1ccc(CN2CCC(N)CC2)cc1)CC(O)CO. The summed E-state index contributed by atoms with van der Waals surface area (Å²) in [6, 6.07) is 8.25. The van der Waals surface area contributed by atoms with Gasteiger partial charge in [-0.3, -0.25) is 9.69 Å². The summed E-state index contributed by atoms with van der Waals surface area (Å²) in [7, 11) is 1.82. The molecule has 1 fully saturated rings. The molecule has 1 saturated heterocycles. The van der Waals surface area contributed by atoms with E-state index in [1.54, 1.807) is 6.08 Å². The first-order chi connectivity index (χ1) is 13.0. The van der Waals surface area contributed by atoms with Gasteiger partial charge in [-0.05, 0) is 50.7 Å². The van der Waals surface area contributed by atoms with Crippen LogP contribution >= 0.6 is 0 Å². The molecule has 7 heteroatoms. The van der Waals surface area contributed by atoms with Crippen molar-refractivity contribution in [1.82, 2.24) is 9.80 Å². The highest BCUT2D eigenvalue weighted by atomic mass is 16.3. The summed E-state index contributed by atoms with van der Waals surface area (Å²) in [6.45, 7) is 3.58. The lowest BCUT2D eigenvalue weighted by atomic mass is 10.1. The number of piperidine rings is 1. The number of aliphatic hydroxyl groups excluding tert-OH is 2. The molecule has 0 saturated carbocycles. The van der Waals surface area contributed by atoms with Crippen LogP contribution in [-0.4, -0.2) is 77.9 Å². The molecule has 1 unspecified atom stereocenters. The van der Waals surface area contributed by atoms with Crippen LogP contribution < -0.4 is 11.1 Å². The molecular weight excluding hydrogens is 344 g/mol. The van der Waals surface area contributed by atoms with E-state index in [9.17, 15) is 9.90 Å². The van der Waals surface area contributed by atoms with Crippen LogP contribution in [0.2, 0.25) is 0 Å². The molecule has 27 heavy (non-hydrogen) atoms. The number of nitrogens with one attached hydrogen (secondary N) is 1. The molecule has 1 heterocycles. The lowest BCUT2D eigenvalue weighted by Crippen LogP contribution is -2.39. The Bertz CT molecular complexity index is 598. The van der Waals surface area contributed by atoms with E-state index < -0.39 is 6.10 Å². The Balaban J connectivity index is 1.73. The number of rotatable bonds is 9. The first-order valence-corrected chi connectivity index (χ1v) is 9.48. The van der Waals surface area contributed by atoms with Crippen LogP contribution in [-0.2, 0) is 11.3 Å². The first kappa shape index (κ1) is 21.5. The monoisotopic (exact) mass is 376 g/mol. The van der Waals surface area contributed by atoms with Crippen molar-refractivity contribution < 1.29 is 15.0 Å². The number of amides is 1. The van der Waals surface area contributed by atoms with E-state index in [2.05, 4.69) is 10.2 Å². The lowest BCUT2D eigenvalue weighted by Gasteiger charge is -2.30. The van der Waals surface area contributed by atoms with Crippen LogP contribution in [0.1, 0.15) is 18.4 Å². The van der Waals surface area contributed by atoms with Gasteiger partial charge in [0.15, 0.2) is 0 Å². The van der Waals surface area contributed by atoms with Crippen LogP contribution in [0, 0.1) is 0 Å². The minimum atomic E-state index is -0.766. The summed E-state index contributed by atoms with van der Waals surface area (Å²) in [4.78, 5) is 16.2. The average molecular weight is 377 g/mol. The maximum absolute atomic E-state index is 12.0. The van der Waals surface area contributed by atoms with Gasteiger partial charge < -0.3 is 26.2 Å². The van der Waals surface area contributed by atoms with E-state index in [-0.39, 0.29) is 12.5 Å². The smallest absolute Gasteiger partial charge is 0.248 e. The van der Waals surface area contributed by atoms with E-state index in [0.29, 0.717) is 19.1 Å².